The Balaban J connectivity index is 0.796. The highest BCUT2D eigenvalue weighted by Crippen LogP contribution is 2.32. The average molecular weight is 1040 g/mol. The van der Waals surface area contributed by atoms with Crippen LogP contribution >= 0.6 is 0 Å². The van der Waals surface area contributed by atoms with Crippen molar-refractivity contribution in [3.8, 4) is 11.5 Å². The van der Waals surface area contributed by atoms with Crippen LogP contribution in [-0.4, -0.2) is 122 Å². The van der Waals surface area contributed by atoms with Crippen LogP contribution in [0.4, 0.5) is 0 Å². The molecule has 0 radical (unpaired) electrons. The number of hydrogen-bond acceptors (Lipinski definition) is 10. The van der Waals surface area contributed by atoms with Gasteiger partial charge in [0.25, 0.3) is 0 Å². The molecule has 6 amide bonds. The second-order valence-corrected chi connectivity index (χ2v) is 20.9. The molecule has 4 aliphatic rings. The highest BCUT2D eigenvalue weighted by Gasteiger charge is 2.41. The molecule has 0 bridgehead atoms. The number of benzene rings is 4. The third-order valence-electron chi connectivity index (χ3n) is 15.7. The first-order chi connectivity index (χ1) is 36.9. The van der Waals surface area contributed by atoms with Crippen LogP contribution in [0.1, 0.15) is 124 Å². The summed E-state index contributed by atoms with van der Waals surface area (Å²) in [4.78, 5) is 85.9. The second-order valence-electron chi connectivity index (χ2n) is 20.9. The van der Waals surface area contributed by atoms with Crippen molar-refractivity contribution in [3.63, 3.8) is 0 Å². The lowest BCUT2D eigenvalue weighted by Crippen LogP contribution is -2.56. The number of rotatable bonds is 23. The van der Waals surface area contributed by atoms with Crippen LogP contribution in [0, 0.1) is 0 Å². The van der Waals surface area contributed by atoms with E-state index in [1.54, 1.807) is 37.7 Å². The van der Waals surface area contributed by atoms with Crippen molar-refractivity contribution in [2.24, 2.45) is 0 Å². The Hall–Kier alpha value is -6.78. The van der Waals surface area contributed by atoms with Crippen LogP contribution in [-0.2, 0) is 54.5 Å². The number of carbonyl (C=O) groups is 6. The summed E-state index contributed by atoms with van der Waals surface area (Å²) in [5, 5.41) is 18.4. The summed E-state index contributed by atoms with van der Waals surface area (Å²) in [6, 6.07) is 27.4. The topological polar surface area (TPSA) is 200 Å². The Kier molecular flexibility index (Phi) is 19.6. The number of aryl methyl sites for hydroxylation is 2. The monoisotopic (exact) mass is 1040 g/mol. The number of likely N-dealkylation sites (tertiary alicyclic amines) is 2. The number of hydrogen-bond donors (Lipinski definition) is 6. The lowest BCUT2D eigenvalue weighted by Gasteiger charge is -2.32. The van der Waals surface area contributed by atoms with Gasteiger partial charge in [0, 0.05) is 25.9 Å². The molecule has 2 heterocycles. The maximum absolute atomic E-state index is 14.3. The molecule has 0 spiro atoms. The minimum absolute atomic E-state index is 0.0909. The molecule has 16 nitrogen and oxygen atoms in total. The summed E-state index contributed by atoms with van der Waals surface area (Å²) in [5.41, 5.74) is 6.48. The van der Waals surface area contributed by atoms with Crippen LogP contribution in [0.15, 0.2) is 97.1 Å². The van der Waals surface area contributed by atoms with Crippen LogP contribution in [0.2, 0.25) is 0 Å². The maximum Gasteiger partial charge on any atom is 0.246 e. The minimum atomic E-state index is -0.865. The Labute approximate surface area is 448 Å². The van der Waals surface area contributed by atoms with Gasteiger partial charge in [-0.05, 0) is 163 Å². The number of fused-ring (bicyclic) bond motifs is 2. The van der Waals surface area contributed by atoms with E-state index in [2.05, 4.69) is 56.2 Å². The predicted octanol–water partition coefficient (Wildman–Crippen LogP) is 5.56. The van der Waals surface area contributed by atoms with Crippen LogP contribution < -0.4 is 41.4 Å². The third-order valence-corrected chi connectivity index (χ3v) is 15.7. The number of amides is 6. The second kappa shape index (κ2) is 26.8. The number of nitrogens with one attached hydrogen (secondary N) is 6. The minimum Gasteiger partial charge on any atom is -0.494 e. The molecule has 76 heavy (non-hydrogen) atoms. The Morgan fingerprint density at radius 1 is 0.526 bits per heavy atom. The molecule has 2 saturated heterocycles. The maximum atomic E-state index is 14.3. The van der Waals surface area contributed by atoms with E-state index in [1.165, 1.54) is 11.1 Å². The third kappa shape index (κ3) is 14.2. The number of nitrogens with zero attached hydrogens (tertiary/aromatic N) is 2. The standard InChI is InChI=1S/C60H78N8O8/c1-39(61-3)55(69)65-51(59(73)67-33-13-23-53(67)57(71)63-49-21-11-17-43-15-5-7-19-47(43)49)37-41-25-29-45(30-26-41)75-35-9-10-36-76-46-31-27-42(28-32-46)38-52(66-56(70)40(2)62-4)60(74)68-34-14-24-54(68)58(72)64-50-22-12-18-44-16-6-8-20-48(44)50/h5-8,15-16,19-20,25-32,39-40,49-54,61-62H,9-14,17-18,21-24,33-38H2,1-4H3,(H,63,71)(H,64,72)(H,65,69)(H,66,70)/t39-,40-,49+,50+,51-,52-,53?,54?/m0/s1. The zero-order valence-electron chi connectivity index (χ0n) is 44.7. The van der Waals surface area contributed by atoms with E-state index in [9.17, 15) is 28.8 Å². The fraction of sp³-hybridized carbons (Fsp3) is 0.500. The van der Waals surface area contributed by atoms with Crippen LogP contribution in [0.3, 0.4) is 0 Å². The summed E-state index contributed by atoms with van der Waals surface area (Å²) in [7, 11) is 3.39. The van der Waals surface area contributed by atoms with Crippen molar-refractivity contribution in [2.45, 2.75) is 152 Å². The van der Waals surface area contributed by atoms with Gasteiger partial charge in [0.2, 0.25) is 35.4 Å². The first-order valence-corrected chi connectivity index (χ1v) is 27.7. The van der Waals surface area contributed by atoms with E-state index in [-0.39, 0.29) is 60.4 Å². The van der Waals surface area contributed by atoms with E-state index >= 15 is 0 Å². The molecular weight excluding hydrogens is 961 g/mol. The first kappa shape index (κ1) is 55.5. The summed E-state index contributed by atoms with van der Waals surface area (Å²) in [6.07, 6.45) is 10.2. The Morgan fingerprint density at radius 2 is 0.921 bits per heavy atom. The van der Waals surface area contributed by atoms with E-state index < -0.39 is 36.3 Å². The van der Waals surface area contributed by atoms with Gasteiger partial charge in [-0.15, -0.1) is 0 Å². The van der Waals surface area contributed by atoms with Gasteiger partial charge in [0.1, 0.15) is 35.7 Å². The lowest BCUT2D eigenvalue weighted by molar-refractivity contribution is -0.141. The molecule has 8 atom stereocenters. The molecular formula is C60H78N8O8. The summed E-state index contributed by atoms with van der Waals surface area (Å²) < 4.78 is 12.1. The SMILES string of the molecule is CN[C@@H](C)C(=O)N[C@@H](Cc1ccc(OCCCCOc2ccc(C[C@H](NC(=O)[C@H](C)NC)C(=O)N3CCCC3C(=O)N[C@@H]3CCCc4ccccc43)cc2)cc1)C(=O)N1CCCC1C(=O)N[C@@H]1CCCc2ccccc21. The van der Waals surface area contributed by atoms with Crippen LogP contribution in [0.5, 0.6) is 11.5 Å². The largest absolute Gasteiger partial charge is 0.494 e. The molecule has 406 valence electrons. The highest BCUT2D eigenvalue weighted by molar-refractivity contribution is 5.95. The smallest absolute Gasteiger partial charge is 0.246 e. The van der Waals surface area contributed by atoms with Crippen molar-refractivity contribution in [3.05, 3.63) is 130 Å². The van der Waals surface area contributed by atoms with Gasteiger partial charge in [-0.1, -0.05) is 72.8 Å². The fourth-order valence-corrected chi connectivity index (χ4v) is 11.1. The predicted molar refractivity (Wildman–Crippen MR) is 291 cm³/mol. The summed E-state index contributed by atoms with van der Waals surface area (Å²) >= 11 is 0. The average Bonchev–Trinajstić information content (AvgIpc) is 4.16. The van der Waals surface area contributed by atoms with Crippen molar-refractivity contribution < 1.29 is 38.2 Å². The molecule has 16 heteroatoms. The zero-order chi connectivity index (χ0) is 53.6. The van der Waals surface area contributed by atoms with E-state index in [0.717, 1.165) is 73.6 Å². The quantitative estimate of drug-likeness (QED) is 0.0512. The Bertz CT molecular complexity index is 2450. The van der Waals surface area contributed by atoms with Crippen molar-refractivity contribution in [1.29, 1.82) is 0 Å². The van der Waals surface area contributed by atoms with Gasteiger partial charge in [-0.25, -0.2) is 0 Å². The Morgan fingerprint density at radius 3 is 1.32 bits per heavy atom. The molecule has 2 aliphatic carbocycles. The molecule has 4 aromatic rings. The number of unbranched alkanes of at least 4 members (excludes halogenated alkanes) is 1. The molecule has 6 N–H and O–H groups in total. The number of ether oxygens (including phenoxy) is 2. The van der Waals surface area contributed by atoms with Gasteiger partial charge in [0.05, 0.1) is 37.4 Å². The number of carbonyl (C=O) groups excluding carboxylic acids is 6. The van der Waals surface area contributed by atoms with Crippen molar-refractivity contribution >= 4 is 35.4 Å². The van der Waals surface area contributed by atoms with Crippen LogP contribution in [0.25, 0.3) is 0 Å². The molecule has 4 aromatic carbocycles. The highest BCUT2D eigenvalue weighted by atomic mass is 16.5. The molecule has 0 aromatic heterocycles. The normalized spacial score (nSPS) is 20.5. The van der Waals surface area contributed by atoms with E-state index in [1.807, 2.05) is 72.8 Å². The molecule has 8 rings (SSSR count). The molecule has 0 saturated carbocycles. The summed E-state index contributed by atoms with van der Waals surface area (Å²) in [6.45, 7) is 5.30. The van der Waals surface area contributed by atoms with Crippen molar-refractivity contribution in [2.75, 3.05) is 40.4 Å². The molecule has 2 fully saturated rings. The molecule has 2 aliphatic heterocycles. The van der Waals surface area contributed by atoms with Gasteiger partial charge < -0.3 is 51.2 Å². The lowest BCUT2D eigenvalue weighted by atomic mass is 9.87. The van der Waals surface area contributed by atoms with Gasteiger partial charge in [-0.2, -0.15) is 0 Å². The fourth-order valence-electron chi connectivity index (χ4n) is 11.1. The first-order valence-electron chi connectivity index (χ1n) is 27.7. The molecule has 2 unspecified atom stereocenters. The zero-order valence-corrected chi connectivity index (χ0v) is 44.7. The van der Waals surface area contributed by atoms with E-state index in [4.69, 9.17) is 9.47 Å². The van der Waals surface area contributed by atoms with Gasteiger partial charge in [0.15, 0.2) is 0 Å². The summed E-state index contributed by atoms with van der Waals surface area (Å²) in [5.74, 6) is -0.0760. The van der Waals surface area contributed by atoms with Gasteiger partial charge in [-0.3, -0.25) is 28.8 Å². The van der Waals surface area contributed by atoms with Crippen molar-refractivity contribution in [1.82, 2.24) is 41.7 Å². The van der Waals surface area contributed by atoms with Gasteiger partial charge >= 0.3 is 0 Å². The van der Waals surface area contributed by atoms with E-state index in [0.29, 0.717) is 63.5 Å². The number of likely N-dealkylation sites (N-methyl/N-ethyl adjacent to an activating group) is 2.